The number of esters is 1. The van der Waals surface area contributed by atoms with Crippen LogP contribution in [0.4, 0.5) is 5.88 Å². The fraction of sp³-hybridized carbons (Fsp3) is 0. The van der Waals surface area contributed by atoms with E-state index in [0.717, 1.165) is 21.9 Å². The van der Waals surface area contributed by atoms with E-state index >= 15 is 0 Å². The van der Waals surface area contributed by atoms with Gasteiger partial charge in [0.15, 0.2) is 0 Å². The largest absolute Gasteiger partial charge is 0.478 e. The number of aliphatic imine (C=N–C) groups is 1. The number of carbonyl (C=O) groups is 2. The van der Waals surface area contributed by atoms with Crippen LogP contribution >= 0.6 is 0 Å². The molecule has 0 aliphatic carbocycles. The molecular formula is C36H22N2O5. The summed E-state index contributed by atoms with van der Waals surface area (Å²) in [6, 6.07) is 38.0. The smallest absolute Gasteiger partial charge is 0.344 e. The molecule has 7 heteroatoms. The summed E-state index contributed by atoms with van der Waals surface area (Å²) in [6.07, 6.45) is 1.50. The Morgan fingerprint density at radius 1 is 0.767 bits per heavy atom. The van der Waals surface area contributed by atoms with E-state index in [4.69, 9.17) is 9.15 Å². The molecule has 1 heterocycles. The zero-order valence-electron chi connectivity index (χ0n) is 22.6. The van der Waals surface area contributed by atoms with Gasteiger partial charge in [-0.05, 0) is 34.5 Å². The molecule has 0 bridgehead atoms. The minimum Gasteiger partial charge on any atom is -0.478 e. The van der Waals surface area contributed by atoms with Crippen LogP contribution in [-0.2, 0) is 0 Å². The van der Waals surface area contributed by atoms with Crippen LogP contribution in [0.3, 0.4) is 0 Å². The summed E-state index contributed by atoms with van der Waals surface area (Å²) in [5, 5.41) is 21.4. The molecule has 0 spiro atoms. The van der Waals surface area contributed by atoms with Crippen LogP contribution in [0.1, 0.15) is 31.8 Å². The number of ether oxygens (including phenoxy) is 1. The number of hydrogen-bond acceptors (Lipinski definition) is 6. The van der Waals surface area contributed by atoms with Gasteiger partial charge in [-0.3, -0.25) is 0 Å². The molecule has 0 aliphatic rings. The van der Waals surface area contributed by atoms with Gasteiger partial charge in [-0.2, -0.15) is 5.26 Å². The SMILES string of the molecule is N#Cc1c(N=Cc2c(OC(=O)c3ccccc3C(=O)O)ccc3ccccc23)oc(-c2ccccc2)c1-c1ccccc1. The normalized spacial score (nSPS) is 11.0. The third-order valence-corrected chi connectivity index (χ3v) is 6.92. The number of carboxylic acid groups (broad SMARTS) is 1. The molecule has 7 nitrogen and oxygen atoms in total. The van der Waals surface area contributed by atoms with Gasteiger partial charge in [-0.25, -0.2) is 14.6 Å². The van der Waals surface area contributed by atoms with Crippen molar-refractivity contribution in [2.75, 3.05) is 0 Å². The minimum absolute atomic E-state index is 0.0798. The van der Waals surface area contributed by atoms with E-state index in [0.29, 0.717) is 16.9 Å². The molecule has 6 aromatic rings. The van der Waals surface area contributed by atoms with Crippen LogP contribution in [0.2, 0.25) is 0 Å². The zero-order valence-corrected chi connectivity index (χ0v) is 22.6. The quantitative estimate of drug-likeness (QED) is 0.119. The first-order chi connectivity index (χ1) is 21.0. The summed E-state index contributed by atoms with van der Waals surface area (Å²) in [5.74, 6) is -1.29. The summed E-state index contributed by atoms with van der Waals surface area (Å²) in [7, 11) is 0. The summed E-state index contributed by atoms with van der Waals surface area (Å²) in [6.45, 7) is 0. The van der Waals surface area contributed by atoms with Gasteiger partial charge in [0.2, 0.25) is 5.88 Å². The monoisotopic (exact) mass is 562 g/mol. The van der Waals surface area contributed by atoms with E-state index in [2.05, 4.69) is 11.1 Å². The molecular weight excluding hydrogens is 540 g/mol. The van der Waals surface area contributed by atoms with E-state index in [1.165, 1.54) is 24.4 Å². The predicted molar refractivity (Wildman–Crippen MR) is 164 cm³/mol. The Labute approximate surface area is 246 Å². The van der Waals surface area contributed by atoms with Crippen molar-refractivity contribution in [3.63, 3.8) is 0 Å². The number of nitrogens with zero attached hydrogens (tertiary/aromatic N) is 2. The second-order valence-corrected chi connectivity index (χ2v) is 9.53. The molecule has 0 fully saturated rings. The number of rotatable bonds is 7. The van der Waals surface area contributed by atoms with Gasteiger partial charge in [-0.15, -0.1) is 0 Å². The summed E-state index contributed by atoms with van der Waals surface area (Å²) < 4.78 is 12.0. The molecule has 0 saturated carbocycles. The van der Waals surface area contributed by atoms with Crippen LogP contribution in [0, 0.1) is 11.3 Å². The molecule has 0 atom stereocenters. The lowest BCUT2D eigenvalue weighted by Gasteiger charge is -2.11. The maximum absolute atomic E-state index is 13.2. The molecule has 0 aliphatic heterocycles. The number of furan rings is 1. The van der Waals surface area contributed by atoms with Crippen molar-refractivity contribution in [1.29, 1.82) is 5.26 Å². The van der Waals surface area contributed by atoms with E-state index in [1.54, 1.807) is 18.2 Å². The fourth-order valence-corrected chi connectivity index (χ4v) is 4.91. The molecule has 0 unspecified atom stereocenters. The predicted octanol–water partition coefficient (Wildman–Crippen LogP) is 8.31. The van der Waals surface area contributed by atoms with Crippen LogP contribution < -0.4 is 4.74 Å². The molecule has 0 saturated heterocycles. The van der Waals surface area contributed by atoms with Crippen LogP contribution in [0.25, 0.3) is 33.2 Å². The Kier molecular flexibility index (Phi) is 7.32. The van der Waals surface area contributed by atoms with E-state index in [-0.39, 0.29) is 28.3 Å². The van der Waals surface area contributed by atoms with Gasteiger partial charge in [0.05, 0.1) is 11.1 Å². The average molecular weight is 563 g/mol. The first kappa shape index (κ1) is 26.9. The number of carboxylic acids is 1. The Bertz CT molecular complexity index is 2060. The molecule has 43 heavy (non-hydrogen) atoms. The molecule has 1 N–H and O–H groups in total. The van der Waals surface area contributed by atoms with Crippen molar-refractivity contribution in [2.45, 2.75) is 0 Å². The van der Waals surface area contributed by atoms with E-state index < -0.39 is 11.9 Å². The van der Waals surface area contributed by atoms with Crippen molar-refractivity contribution in [2.24, 2.45) is 4.99 Å². The summed E-state index contributed by atoms with van der Waals surface area (Å²) >= 11 is 0. The Balaban J connectivity index is 1.48. The van der Waals surface area contributed by atoms with Crippen molar-refractivity contribution in [3.8, 4) is 34.3 Å². The van der Waals surface area contributed by atoms with Crippen LogP contribution in [0.15, 0.2) is 131 Å². The average Bonchev–Trinajstić information content (AvgIpc) is 3.43. The van der Waals surface area contributed by atoms with Gasteiger partial charge in [0.25, 0.3) is 0 Å². The fourth-order valence-electron chi connectivity index (χ4n) is 4.91. The maximum atomic E-state index is 13.2. The Hall–Kier alpha value is -6.26. The first-order valence-electron chi connectivity index (χ1n) is 13.3. The highest BCUT2D eigenvalue weighted by Crippen LogP contribution is 2.42. The summed E-state index contributed by atoms with van der Waals surface area (Å²) in [4.78, 5) is 29.5. The standard InChI is InChI=1S/C36H22N2O5/c37-21-29-32(24-12-3-1-4-13-24)33(25-14-5-2-6-15-25)43-34(29)38-22-30-26-16-8-7-11-23(26)19-20-31(30)42-36(41)28-18-10-9-17-27(28)35(39)40/h1-20,22H,(H,39,40). The number of hydrogen-bond donors (Lipinski definition) is 1. The van der Waals surface area contributed by atoms with Crippen molar-refractivity contribution >= 4 is 34.8 Å². The van der Waals surface area contributed by atoms with Gasteiger partial charge in [-0.1, -0.05) is 103 Å². The van der Waals surface area contributed by atoms with Crippen molar-refractivity contribution in [3.05, 3.63) is 144 Å². The molecule has 0 amide bonds. The molecule has 1 aromatic heterocycles. The van der Waals surface area contributed by atoms with Crippen molar-refractivity contribution in [1.82, 2.24) is 0 Å². The van der Waals surface area contributed by atoms with Crippen LogP contribution in [0.5, 0.6) is 5.75 Å². The lowest BCUT2D eigenvalue weighted by Crippen LogP contribution is -2.14. The molecule has 5 aromatic carbocycles. The summed E-state index contributed by atoms with van der Waals surface area (Å²) in [5.41, 5.74) is 2.69. The van der Waals surface area contributed by atoms with E-state index in [9.17, 15) is 20.0 Å². The third kappa shape index (κ3) is 5.29. The number of benzene rings is 5. The second-order valence-electron chi connectivity index (χ2n) is 9.53. The highest BCUT2D eigenvalue weighted by Gasteiger charge is 2.23. The zero-order chi connectivity index (χ0) is 29.8. The van der Waals surface area contributed by atoms with Gasteiger partial charge in [0, 0.05) is 22.9 Å². The number of nitriles is 1. The topological polar surface area (TPSA) is 113 Å². The van der Waals surface area contributed by atoms with Gasteiger partial charge >= 0.3 is 11.9 Å². The first-order valence-corrected chi connectivity index (χ1v) is 13.3. The van der Waals surface area contributed by atoms with E-state index in [1.807, 2.05) is 84.9 Å². The van der Waals surface area contributed by atoms with Gasteiger partial charge < -0.3 is 14.3 Å². The number of fused-ring (bicyclic) bond motifs is 1. The highest BCUT2D eigenvalue weighted by molar-refractivity contribution is 6.06. The third-order valence-electron chi connectivity index (χ3n) is 6.92. The molecule has 6 rings (SSSR count). The lowest BCUT2D eigenvalue weighted by molar-refractivity contribution is 0.0668. The number of aromatic carboxylic acids is 1. The second kappa shape index (κ2) is 11.7. The highest BCUT2D eigenvalue weighted by atomic mass is 16.5. The Morgan fingerprint density at radius 2 is 1.40 bits per heavy atom. The minimum atomic E-state index is -1.24. The number of carbonyl (C=O) groups excluding carboxylic acids is 1. The van der Waals surface area contributed by atoms with Gasteiger partial charge in [0.1, 0.15) is 23.1 Å². The molecule has 0 radical (unpaired) electrons. The Morgan fingerprint density at radius 3 is 2.09 bits per heavy atom. The van der Waals surface area contributed by atoms with Crippen LogP contribution in [-0.4, -0.2) is 23.3 Å². The maximum Gasteiger partial charge on any atom is 0.344 e. The lowest BCUT2D eigenvalue weighted by atomic mass is 9.98. The molecule has 206 valence electrons. The van der Waals surface area contributed by atoms with Crippen molar-refractivity contribution < 1.29 is 23.8 Å².